The van der Waals surface area contributed by atoms with Crippen LogP contribution in [-0.4, -0.2) is 26.8 Å². The first-order valence-electron chi connectivity index (χ1n) is 9.58. The van der Waals surface area contributed by atoms with Crippen molar-refractivity contribution in [1.82, 2.24) is 14.9 Å². The van der Waals surface area contributed by atoms with E-state index in [4.69, 9.17) is 0 Å². The number of rotatable bonds is 6. The van der Waals surface area contributed by atoms with E-state index >= 15 is 0 Å². The number of amides is 1. The van der Waals surface area contributed by atoms with Crippen LogP contribution in [0, 0.1) is 5.92 Å². The predicted molar refractivity (Wildman–Crippen MR) is 111 cm³/mol. The fourth-order valence-corrected chi connectivity index (χ4v) is 4.50. The summed E-state index contributed by atoms with van der Waals surface area (Å²) in [5.41, 5.74) is 0.551. The van der Waals surface area contributed by atoms with E-state index in [2.05, 4.69) is 23.8 Å². The number of carbonyl (C=O) groups is 1. The van der Waals surface area contributed by atoms with Gasteiger partial charge < -0.3 is 5.32 Å². The number of hydrogen-bond acceptors (Lipinski definition) is 4. The Morgan fingerprint density at radius 2 is 2.15 bits per heavy atom. The van der Waals surface area contributed by atoms with Gasteiger partial charge >= 0.3 is 0 Å². The molecule has 0 radical (unpaired) electrons. The number of benzene rings is 1. The van der Waals surface area contributed by atoms with Crippen LogP contribution >= 0.6 is 11.8 Å². The van der Waals surface area contributed by atoms with Gasteiger partial charge in [-0.25, -0.2) is 4.98 Å². The quantitative estimate of drug-likeness (QED) is 0.467. The van der Waals surface area contributed by atoms with Gasteiger partial charge in [-0.1, -0.05) is 49.7 Å². The number of nitrogens with zero attached hydrogens (tertiary/aromatic N) is 2. The van der Waals surface area contributed by atoms with Gasteiger partial charge in [0.25, 0.3) is 5.56 Å². The molecule has 3 atom stereocenters. The van der Waals surface area contributed by atoms with Crippen LogP contribution in [0.4, 0.5) is 0 Å². The van der Waals surface area contributed by atoms with Gasteiger partial charge in [0, 0.05) is 12.6 Å². The first-order chi connectivity index (χ1) is 13.0. The van der Waals surface area contributed by atoms with Gasteiger partial charge in [0.15, 0.2) is 5.16 Å². The van der Waals surface area contributed by atoms with Crippen molar-refractivity contribution in [2.24, 2.45) is 5.92 Å². The van der Waals surface area contributed by atoms with Gasteiger partial charge in [-0.15, -0.1) is 6.58 Å². The van der Waals surface area contributed by atoms with Crippen LogP contribution in [-0.2, 0) is 11.3 Å². The van der Waals surface area contributed by atoms with E-state index in [9.17, 15) is 9.59 Å². The molecule has 3 rings (SSSR count). The highest BCUT2D eigenvalue weighted by Crippen LogP contribution is 2.26. The van der Waals surface area contributed by atoms with Crippen molar-refractivity contribution >= 4 is 28.6 Å². The summed E-state index contributed by atoms with van der Waals surface area (Å²) in [5.74, 6) is 0.518. The average Bonchev–Trinajstić information content (AvgIpc) is 2.66. The molecule has 1 N–H and O–H groups in total. The Kier molecular flexibility index (Phi) is 6.37. The molecule has 27 heavy (non-hydrogen) atoms. The number of carbonyl (C=O) groups excluding carboxylic acids is 1. The highest BCUT2D eigenvalue weighted by Gasteiger charge is 2.26. The Labute approximate surface area is 164 Å². The highest BCUT2D eigenvalue weighted by molar-refractivity contribution is 8.00. The second kappa shape index (κ2) is 8.74. The molecule has 2 aromatic rings. The number of fused-ring (bicyclic) bond motifs is 1. The third kappa shape index (κ3) is 4.43. The van der Waals surface area contributed by atoms with Gasteiger partial charge in [-0.3, -0.25) is 14.2 Å². The van der Waals surface area contributed by atoms with E-state index in [1.54, 1.807) is 16.7 Å². The zero-order chi connectivity index (χ0) is 19.4. The van der Waals surface area contributed by atoms with E-state index in [-0.39, 0.29) is 22.8 Å². The van der Waals surface area contributed by atoms with Crippen molar-refractivity contribution in [3.63, 3.8) is 0 Å². The number of hydrogen-bond donors (Lipinski definition) is 1. The number of aromatic nitrogens is 2. The highest BCUT2D eigenvalue weighted by atomic mass is 32.2. The third-order valence-electron chi connectivity index (χ3n) is 5.23. The zero-order valence-electron chi connectivity index (χ0n) is 16.0. The number of thioether (sulfide) groups is 1. The number of para-hydroxylation sites is 1. The van der Waals surface area contributed by atoms with Gasteiger partial charge in [0.05, 0.1) is 16.2 Å². The lowest BCUT2D eigenvalue weighted by Crippen LogP contribution is -2.44. The summed E-state index contributed by atoms with van der Waals surface area (Å²) < 4.78 is 1.59. The summed E-state index contributed by atoms with van der Waals surface area (Å²) in [6.07, 6.45) is 6.29. The van der Waals surface area contributed by atoms with Crippen molar-refractivity contribution in [2.75, 3.05) is 0 Å². The summed E-state index contributed by atoms with van der Waals surface area (Å²) >= 11 is 1.33. The molecule has 1 aromatic heterocycles. The van der Waals surface area contributed by atoms with Crippen LogP contribution in [0.2, 0.25) is 0 Å². The van der Waals surface area contributed by atoms with E-state index in [1.807, 2.05) is 25.1 Å². The maximum Gasteiger partial charge on any atom is 0.262 e. The smallest absolute Gasteiger partial charge is 0.262 e. The third-order valence-corrected chi connectivity index (χ3v) is 6.32. The summed E-state index contributed by atoms with van der Waals surface area (Å²) in [4.78, 5) is 30.2. The van der Waals surface area contributed by atoms with Crippen LogP contribution in [0.25, 0.3) is 10.9 Å². The minimum atomic E-state index is -0.330. The van der Waals surface area contributed by atoms with E-state index in [0.29, 0.717) is 28.5 Å². The second-order valence-corrected chi connectivity index (χ2v) is 8.56. The fraction of sp³-hybridized carbons (Fsp3) is 0.476. The molecular weight excluding hydrogens is 358 g/mol. The fourth-order valence-electron chi connectivity index (χ4n) is 3.57. The number of nitrogens with one attached hydrogen (secondary N) is 1. The Morgan fingerprint density at radius 3 is 2.89 bits per heavy atom. The summed E-state index contributed by atoms with van der Waals surface area (Å²) in [6, 6.07) is 7.54. The van der Waals surface area contributed by atoms with Crippen molar-refractivity contribution in [3.05, 3.63) is 47.3 Å². The second-order valence-electron chi connectivity index (χ2n) is 7.25. The van der Waals surface area contributed by atoms with Gasteiger partial charge in [-0.2, -0.15) is 0 Å². The van der Waals surface area contributed by atoms with Crippen molar-refractivity contribution in [3.8, 4) is 0 Å². The van der Waals surface area contributed by atoms with Gasteiger partial charge in [0.2, 0.25) is 5.91 Å². The van der Waals surface area contributed by atoms with Gasteiger partial charge in [-0.05, 0) is 37.8 Å². The molecule has 1 aliphatic carbocycles. The lowest BCUT2D eigenvalue weighted by atomic mass is 9.86. The van der Waals surface area contributed by atoms with Crippen LogP contribution < -0.4 is 10.9 Å². The predicted octanol–water partition coefficient (Wildman–Crippen LogP) is 3.76. The summed E-state index contributed by atoms with van der Waals surface area (Å²) in [5, 5.41) is 4.00. The molecule has 1 saturated carbocycles. The minimum Gasteiger partial charge on any atom is -0.352 e. The molecule has 0 aliphatic heterocycles. The SMILES string of the molecule is C=CCn1c(S[C@H](C)C(=O)N[C@H]2CCCC[C@@H]2C)nc2ccccc2c1=O. The van der Waals surface area contributed by atoms with E-state index < -0.39 is 0 Å². The molecule has 1 aliphatic rings. The lowest BCUT2D eigenvalue weighted by Gasteiger charge is -2.30. The molecule has 1 amide bonds. The topological polar surface area (TPSA) is 64.0 Å². The zero-order valence-corrected chi connectivity index (χ0v) is 16.8. The van der Waals surface area contributed by atoms with Crippen molar-refractivity contribution in [1.29, 1.82) is 0 Å². The molecule has 1 heterocycles. The van der Waals surface area contributed by atoms with Crippen molar-refractivity contribution < 1.29 is 4.79 Å². The normalized spacial score (nSPS) is 21.0. The van der Waals surface area contributed by atoms with Gasteiger partial charge in [0.1, 0.15) is 0 Å². The maximum atomic E-state index is 12.8. The van der Waals surface area contributed by atoms with Crippen LogP contribution in [0.1, 0.15) is 39.5 Å². The standard InChI is InChI=1S/C21H27N3O2S/c1-4-13-24-20(26)16-10-6-8-12-18(16)23-21(24)27-15(3)19(25)22-17-11-7-5-9-14(17)2/h4,6,8,10,12,14-15,17H,1,5,7,9,11,13H2,2-3H3,(H,22,25)/t14-,15+,17-/m0/s1. The molecule has 0 saturated heterocycles. The monoisotopic (exact) mass is 385 g/mol. The first-order valence-corrected chi connectivity index (χ1v) is 10.5. The molecule has 6 heteroatoms. The Bertz CT molecular complexity index is 893. The number of allylic oxidation sites excluding steroid dienone is 1. The molecule has 0 bridgehead atoms. The molecule has 1 fully saturated rings. The first kappa shape index (κ1) is 19.7. The van der Waals surface area contributed by atoms with E-state index in [0.717, 1.165) is 12.8 Å². The van der Waals surface area contributed by atoms with Crippen LogP contribution in [0.3, 0.4) is 0 Å². The molecule has 0 spiro atoms. The van der Waals surface area contributed by atoms with Crippen LogP contribution in [0.15, 0.2) is 46.9 Å². The largest absolute Gasteiger partial charge is 0.352 e. The Hall–Kier alpha value is -2.08. The Balaban J connectivity index is 1.82. The molecule has 144 valence electrons. The Morgan fingerprint density at radius 1 is 1.41 bits per heavy atom. The van der Waals surface area contributed by atoms with E-state index in [1.165, 1.54) is 24.6 Å². The molecule has 0 unspecified atom stereocenters. The molecule has 5 nitrogen and oxygen atoms in total. The average molecular weight is 386 g/mol. The van der Waals surface area contributed by atoms with Crippen LogP contribution in [0.5, 0.6) is 0 Å². The molecule has 1 aromatic carbocycles. The summed E-state index contributed by atoms with van der Waals surface area (Å²) in [7, 11) is 0. The van der Waals surface area contributed by atoms with Crippen molar-refractivity contribution in [2.45, 2.75) is 62.5 Å². The maximum absolute atomic E-state index is 12.8. The lowest BCUT2D eigenvalue weighted by molar-refractivity contribution is -0.121. The minimum absolute atomic E-state index is 0.00584. The summed E-state index contributed by atoms with van der Waals surface area (Å²) in [6.45, 7) is 8.18. The molecular formula is C21H27N3O2S.